The topological polar surface area (TPSA) is 0 Å². The van der Waals surface area contributed by atoms with Crippen molar-refractivity contribution >= 4 is 6.08 Å². The molecule has 0 nitrogen and oxygen atoms in total. The van der Waals surface area contributed by atoms with E-state index in [0.29, 0.717) is 0 Å². The predicted molar refractivity (Wildman–Crippen MR) is 50.5 cm³/mol. The van der Waals surface area contributed by atoms with Crippen molar-refractivity contribution in [3.05, 3.63) is 41.5 Å². The lowest BCUT2D eigenvalue weighted by Gasteiger charge is -1.95. The second-order valence-electron chi connectivity index (χ2n) is 2.60. The van der Waals surface area contributed by atoms with Crippen LogP contribution in [0.5, 0.6) is 0 Å². The molecule has 0 saturated heterocycles. The van der Waals surface area contributed by atoms with Gasteiger partial charge in [0.15, 0.2) is 0 Å². The molecule has 0 saturated carbocycles. The molecule has 58 valence electrons. The number of hydrogen-bond donors (Lipinski definition) is 0. The van der Waals surface area contributed by atoms with Crippen molar-refractivity contribution in [1.82, 2.24) is 0 Å². The highest BCUT2D eigenvalue weighted by Crippen LogP contribution is 2.06. The molecular weight excluding hydrogens is 132 g/mol. The van der Waals surface area contributed by atoms with E-state index < -0.39 is 0 Å². The fourth-order valence-electron chi connectivity index (χ4n) is 1.06. The molecule has 1 rings (SSSR count). The summed E-state index contributed by atoms with van der Waals surface area (Å²) in [6.07, 6.45) is 5.29. The first-order valence-electron chi connectivity index (χ1n) is 4.08. The Bertz CT molecular complexity index is 229. The van der Waals surface area contributed by atoms with Crippen LogP contribution in [0.1, 0.15) is 25.0 Å². The average molecular weight is 146 g/mol. The summed E-state index contributed by atoms with van der Waals surface area (Å²) in [5, 5.41) is 0. The third-order valence-electron chi connectivity index (χ3n) is 1.75. The summed E-state index contributed by atoms with van der Waals surface area (Å²) < 4.78 is 0. The maximum Gasteiger partial charge on any atom is -0.0260 e. The molecule has 1 aromatic rings. The molecule has 0 aliphatic carbocycles. The Kier molecular flexibility index (Phi) is 2.91. The van der Waals surface area contributed by atoms with E-state index in [1.165, 1.54) is 11.1 Å². The zero-order valence-electron chi connectivity index (χ0n) is 7.17. The highest BCUT2D eigenvalue weighted by Gasteiger charge is 1.87. The average Bonchev–Trinajstić information content (AvgIpc) is 2.07. The highest BCUT2D eigenvalue weighted by molar-refractivity contribution is 5.49. The van der Waals surface area contributed by atoms with Gasteiger partial charge in [-0.2, -0.15) is 0 Å². The number of aryl methyl sites for hydroxylation is 1. The van der Waals surface area contributed by atoms with Crippen molar-refractivity contribution in [2.45, 2.75) is 20.3 Å². The van der Waals surface area contributed by atoms with E-state index in [-0.39, 0.29) is 0 Å². The first-order chi connectivity index (χ1) is 5.36. The molecule has 1 aromatic carbocycles. The lowest BCUT2D eigenvalue weighted by atomic mass is 10.1. The Balaban J connectivity index is 2.82. The van der Waals surface area contributed by atoms with E-state index in [1.54, 1.807) is 0 Å². The normalized spacial score (nSPS) is 10.7. The van der Waals surface area contributed by atoms with Crippen molar-refractivity contribution < 1.29 is 0 Å². The molecule has 0 heterocycles. The summed E-state index contributed by atoms with van der Waals surface area (Å²) in [5.41, 5.74) is 2.68. The Labute approximate surface area is 68.6 Å². The Morgan fingerprint density at radius 1 is 1.18 bits per heavy atom. The van der Waals surface area contributed by atoms with Crippen LogP contribution < -0.4 is 0 Å². The molecule has 0 amide bonds. The minimum Gasteiger partial charge on any atom is -0.0871 e. The van der Waals surface area contributed by atoms with Gasteiger partial charge in [-0.05, 0) is 24.5 Å². The van der Waals surface area contributed by atoms with Gasteiger partial charge in [-0.25, -0.2) is 0 Å². The van der Waals surface area contributed by atoms with Crippen molar-refractivity contribution in [3.8, 4) is 0 Å². The fraction of sp³-hybridized carbons (Fsp3) is 0.273. The van der Waals surface area contributed by atoms with Gasteiger partial charge >= 0.3 is 0 Å². The summed E-state index contributed by atoms with van der Waals surface area (Å²) in [5.74, 6) is 0. The van der Waals surface area contributed by atoms with Gasteiger partial charge in [0.25, 0.3) is 0 Å². The van der Waals surface area contributed by atoms with Gasteiger partial charge in [0.05, 0.1) is 0 Å². The van der Waals surface area contributed by atoms with Gasteiger partial charge in [0.2, 0.25) is 0 Å². The first-order valence-corrected chi connectivity index (χ1v) is 4.08. The molecule has 0 spiro atoms. The maximum absolute atomic E-state index is 2.18. The molecule has 0 aliphatic rings. The van der Waals surface area contributed by atoms with Gasteiger partial charge in [0.1, 0.15) is 0 Å². The fourth-order valence-corrected chi connectivity index (χ4v) is 1.06. The summed E-state index contributed by atoms with van der Waals surface area (Å²) in [7, 11) is 0. The molecule has 0 fully saturated rings. The molecule has 0 bridgehead atoms. The largest absolute Gasteiger partial charge is 0.0871 e. The minimum absolute atomic E-state index is 1.12. The molecule has 0 aromatic heterocycles. The van der Waals surface area contributed by atoms with Crippen LogP contribution in [0.15, 0.2) is 30.3 Å². The monoisotopic (exact) mass is 146 g/mol. The summed E-state index contributed by atoms with van der Waals surface area (Å²) in [6.45, 7) is 4.21. The van der Waals surface area contributed by atoms with E-state index >= 15 is 0 Å². The molecule has 0 heteroatoms. The predicted octanol–water partition coefficient (Wildman–Crippen LogP) is 3.28. The zero-order valence-corrected chi connectivity index (χ0v) is 7.17. The van der Waals surface area contributed by atoms with Gasteiger partial charge in [-0.15, -0.1) is 0 Å². The van der Waals surface area contributed by atoms with E-state index in [4.69, 9.17) is 0 Å². The summed E-state index contributed by atoms with van der Waals surface area (Å²) in [4.78, 5) is 0. The standard InChI is InChI=1S/C11H14/c1-3-5-11-8-6-10(4-2)7-9-11/h3,5-9H,4H2,1-2H3. The Morgan fingerprint density at radius 3 is 2.27 bits per heavy atom. The first kappa shape index (κ1) is 8.06. The zero-order chi connectivity index (χ0) is 8.10. The van der Waals surface area contributed by atoms with Gasteiger partial charge in [-0.3, -0.25) is 0 Å². The quantitative estimate of drug-likeness (QED) is 0.600. The lowest BCUT2D eigenvalue weighted by Crippen LogP contribution is -1.78. The Hall–Kier alpha value is -1.04. The van der Waals surface area contributed by atoms with Crippen LogP contribution in [0.25, 0.3) is 6.08 Å². The second kappa shape index (κ2) is 3.97. The SMILES string of the molecule is CC=Cc1ccc(CC)cc1. The van der Waals surface area contributed by atoms with Crippen LogP contribution in [-0.4, -0.2) is 0 Å². The van der Waals surface area contributed by atoms with Crippen LogP contribution in [0, 0.1) is 0 Å². The van der Waals surface area contributed by atoms with E-state index in [2.05, 4.69) is 43.3 Å². The van der Waals surface area contributed by atoms with Crippen LogP contribution in [0.2, 0.25) is 0 Å². The number of benzene rings is 1. The van der Waals surface area contributed by atoms with Gasteiger partial charge in [-0.1, -0.05) is 43.3 Å². The second-order valence-corrected chi connectivity index (χ2v) is 2.60. The van der Waals surface area contributed by atoms with E-state index in [1.807, 2.05) is 6.92 Å². The van der Waals surface area contributed by atoms with E-state index in [9.17, 15) is 0 Å². The van der Waals surface area contributed by atoms with Crippen LogP contribution in [0.3, 0.4) is 0 Å². The third kappa shape index (κ3) is 2.23. The van der Waals surface area contributed by atoms with Gasteiger partial charge in [0, 0.05) is 0 Å². The lowest BCUT2D eigenvalue weighted by molar-refractivity contribution is 1.14. The van der Waals surface area contributed by atoms with Crippen LogP contribution in [-0.2, 0) is 6.42 Å². The van der Waals surface area contributed by atoms with Crippen molar-refractivity contribution in [2.75, 3.05) is 0 Å². The van der Waals surface area contributed by atoms with Crippen molar-refractivity contribution in [1.29, 1.82) is 0 Å². The number of hydrogen-bond acceptors (Lipinski definition) is 0. The molecule has 11 heavy (non-hydrogen) atoms. The van der Waals surface area contributed by atoms with Gasteiger partial charge < -0.3 is 0 Å². The molecule has 0 aliphatic heterocycles. The number of rotatable bonds is 2. The summed E-state index contributed by atoms with van der Waals surface area (Å²) >= 11 is 0. The molecule has 0 atom stereocenters. The molecule has 0 unspecified atom stereocenters. The third-order valence-corrected chi connectivity index (χ3v) is 1.75. The molecular formula is C11H14. The maximum atomic E-state index is 2.18. The smallest absolute Gasteiger partial charge is 0.0260 e. The molecule has 0 N–H and O–H groups in total. The molecule has 0 radical (unpaired) electrons. The minimum atomic E-state index is 1.12. The van der Waals surface area contributed by atoms with Crippen molar-refractivity contribution in [3.63, 3.8) is 0 Å². The highest BCUT2D eigenvalue weighted by atomic mass is 13.9. The van der Waals surface area contributed by atoms with Crippen molar-refractivity contribution in [2.24, 2.45) is 0 Å². The van der Waals surface area contributed by atoms with Crippen LogP contribution >= 0.6 is 0 Å². The van der Waals surface area contributed by atoms with E-state index in [0.717, 1.165) is 6.42 Å². The summed E-state index contributed by atoms with van der Waals surface area (Å²) in [6, 6.07) is 8.66. The Morgan fingerprint density at radius 2 is 1.82 bits per heavy atom. The van der Waals surface area contributed by atoms with Crippen LogP contribution in [0.4, 0.5) is 0 Å². The number of allylic oxidation sites excluding steroid dienone is 1.